The second-order valence-corrected chi connectivity index (χ2v) is 15.0. The molecular formula is C36H13BF20O2S. The third kappa shape index (κ3) is 7.06. The highest BCUT2D eigenvalue weighted by molar-refractivity contribution is 7.97. The van der Waals surface area contributed by atoms with Crippen LogP contribution in [-0.4, -0.2) is 18.7 Å². The van der Waals surface area contributed by atoms with Crippen LogP contribution in [0, 0.1) is 116 Å². The van der Waals surface area contributed by atoms with Crippen LogP contribution in [0.1, 0.15) is 0 Å². The summed E-state index contributed by atoms with van der Waals surface area (Å²) in [5.74, 6) is -70.7. The molecule has 0 fully saturated rings. The summed E-state index contributed by atoms with van der Waals surface area (Å²) in [4.78, 5) is 0. The lowest BCUT2D eigenvalue weighted by atomic mass is 9.12. The SMILES string of the molecule is C[S+](C)(=O)Oc1ccc2ccccc2c1.Fc1c(F)c(F)c([B-](c2c(F)c(F)c(F)c(F)c2F)(c2c(F)c(F)c(F)c(F)c2F)c2c(F)c(F)c(F)c(F)c2F)c(F)c1F. The number of rotatable bonds is 6. The fraction of sp³-hybridized carbons (Fsp3) is 0.0556. The van der Waals surface area contributed by atoms with E-state index in [2.05, 4.69) is 0 Å². The van der Waals surface area contributed by atoms with E-state index in [4.69, 9.17) is 4.18 Å². The first kappa shape index (κ1) is 45.3. The van der Waals surface area contributed by atoms with E-state index in [-0.39, 0.29) is 0 Å². The highest BCUT2D eigenvalue weighted by atomic mass is 32.3. The van der Waals surface area contributed by atoms with Crippen LogP contribution in [0.4, 0.5) is 87.8 Å². The van der Waals surface area contributed by atoms with Crippen LogP contribution in [0.3, 0.4) is 0 Å². The lowest BCUT2D eigenvalue weighted by Crippen LogP contribution is -2.81. The average molecular weight is 900 g/mol. The zero-order valence-electron chi connectivity index (χ0n) is 28.9. The molecule has 0 bridgehead atoms. The Morgan fingerprint density at radius 3 is 0.833 bits per heavy atom. The molecule has 2 nitrogen and oxygen atoms in total. The van der Waals surface area contributed by atoms with Crippen LogP contribution in [0.25, 0.3) is 10.8 Å². The second kappa shape index (κ2) is 16.0. The van der Waals surface area contributed by atoms with Gasteiger partial charge in [-0.2, -0.15) is 0 Å². The van der Waals surface area contributed by atoms with Crippen molar-refractivity contribution < 1.29 is 96.2 Å². The van der Waals surface area contributed by atoms with E-state index in [1.807, 2.05) is 42.5 Å². The van der Waals surface area contributed by atoms with Gasteiger partial charge >= 0.3 is 0 Å². The van der Waals surface area contributed by atoms with Crippen molar-refractivity contribution in [2.24, 2.45) is 0 Å². The molecule has 318 valence electrons. The molecule has 24 heteroatoms. The Bertz CT molecular complexity index is 2430. The Balaban J connectivity index is 0.000000379. The molecule has 0 unspecified atom stereocenters. The fourth-order valence-corrected chi connectivity index (χ4v) is 6.89. The van der Waals surface area contributed by atoms with Gasteiger partial charge in [0.05, 0.1) is 0 Å². The van der Waals surface area contributed by atoms with Crippen LogP contribution in [0.2, 0.25) is 0 Å². The Morgan fingerprint density at radius 1 is 0.350 bits per heavy atom. The summed E-state index contributed by atoms with van der Waals surface area (Å²) >= 11 is 0. The zero-order chi connectivity index (χ0) is 45.2. The van der Waals surface area contributed by atoms with Gasteiger partial charge < -0.3 is 0 Å². The number of halogens is 20. The number of benzene rings is 6. The minimum absolute atomic E-state index is 0.656. The maximum absolute atomic E-state index is 15.4. The molecule has 0 N–H and O–H groups in total. The van der Waals surface area contributed by atoms with E-state index in [1.54, 1.807) is 12.5 Å². The molecule has 0 saturated carbocycles. The fourth-order valence-electron chi connectivity index (χ4n) is 6.33. The Kier molecular flexibility index (Phi) is 12.1. The molecule has 0 heterocycles. The van der Waals surface area contributed by atoms with Gasteiger partial charge in [0.1, 0.15) is 65.2 Å². The molecule has 0 aromatic heterocycles. The molecule has 0 aliphatic rings. The maximum Gasteiger partial charge on any atom is 0.253 e. The summed E-state index contributed by atoms with van der Waals surface area (Å²) in [6.45, 7) is 0. The predicted molar refractivity (Wildman–Crippen MR) is 174 cm³/mol. The number of hydrogen-bond acceptors (Lipinski definition) is 2. The van der Waals surface area contributed by atoms with Crippen molar-refractivity contribution in [3.05, 3.63) is 159 Å². The monoisotopic (exact) mass is 900 g/mol. The van der Waals surface area contributed by atoms with Crippen molar-refractivity contribution in [2.45, 2.75) is 0 Å². The van der Waals surface area contributed by atoms with Gasteiger partial charge in [-0.1, -0.05) is 34.5 Å². The number of hydrogen-bond donors (Lipinski definition) is 0. The van der Waals surface area contributed by atoms with Crippen molar-refractivity contribution in [3.8, 4) is 5.75 Å². The van der Waals surface area contributed by atoms with Crippen molar-refractivity contribution in [1.82, 2.24) is 0 Å². The standard InChI is InChI=1S/C24BF20.C12H13O2S/c26-5-1(6(27)14(35)21(42)13(5)34)25(2-7(28)15(36)22(43)16(37)8(2)29,3-9(30)17(38)23(44)18(39)10(3)31)4-11(32)19(40)24(45)20(41)12(4)33;1-15(2,13)14-12-8-7-10-5-3-4-6-11(10)9-12/h;3-9H,1-2H3/q-1;+1. The molecule has 0 aliphatic heterocycles. The van der Waals surface area contributed by atoms with Crippen LogP contribution in [-0.2, 0) is 14.4 Å². The molecule has 6 aromatic carbocycles. The summed E-state index contributed by atoms with van der Waals surface area (Å²) < 4.78 is 311. The van der Waals surface area contributed by atoms with E-state index in [1.165, 1.54) is 0 Å². The molecule has 0 aliphatic carbocycles. The largest absolute Gasteiger partial charge is 0.287 e. The van der Waals surface area contributed by atoms with Crippen molar-refractivity contribution in [3.63, 3.8) is 0 Å². The van der Waals surface area contributed by atoms with Crippen LogP contribution in [0.5, 0.6) is 5.75 Å². The molecule has 60 heavy (non-hydrogen) atoms. The van der Waals surface area contributed by atoms with E-state index in [0.717, 1.165) is 10.8 Å². The van der Waals surface area contributed by atoms with Gasteiger partial charge in [-0.25, -0.2) is 87.8 Å². The van der Waals surface area contributed by atoms with Crippen LogP contribution < -0.4 is 26.0 Å². The molecule has 0 atom stereocenters. The highest BCUT2D eigenvalue weighted by Crippen LogP contribution is 2.31. The Hall–Kier alpha value is -5.81. The summed E-state index contributed by atoms with van der Waals surface area (Å²) in [7, 11) is -2.20. The van der Waals surface area contributed by atoms with Gasteiger partial charge in [0.15, 0.2) is 75.6 Å². The molecule has 0 radical (unpaired) electrons. The molecule has 0 spiro atoms. The van der Waals surface area contributed by atoms with E-state index < -0.39 is 155 Å². The van der Waals surface area contributed by atoms with Gasteiger partial charge in [0, 0.05) is 0 Å². The quantitative estimate of drug-likeness (QED) is 0.0550. The molecule has 0 saturated heterocycles. The Labute approximate surface area is 322 Å². The van der Waals surface area contributed by atoms with E-state index >= 15 is 35.1 Å². The first-order valence-electron chi connectivity index (χ1n) is 15.6. The van der Waals surface area contributed by atoms with Gasteiger partial charge in [0.25, 0.3) is 10.2 Å². The first-order valence-corrected chi connectivity index (χ1v) is 17.9. The minimum Gasteiger partial charge on any atom is -0.287 e. The maximum atomic E-state index is 15.4. The summed E-state index contributed by atoms with van der Waals surface area (Å²) in [6.07, 6.45) is -4.05. The lowest BCUT2D eigenvalue weighted by molar-refractivity contribution is 0.378. The summed E-state index contributed by atoms with van der Waals surface area (Å²) in [5, 5.41) is 2.25. The zero-order valence-corrected chi connectivity index (χ0v) is 29.7. The van der Waals surface area contributed by atoms with Gasteiger partial charge in [-0.05, 0) is 22.9 Å². The van der Waals surface area contributed by atoms with Crippen LogP contribution in [0.15, 0.2) is 42.5 Å². The third-order valence-electron chi connectivity index (χ3n) is 8.72. The highest BCUT2D eigenvalue weighted by Gasteiger charge is 2.52. The van der Waals surface area contributed by atoms with Crippen molar-refractivity contribution >= 4 is 49.0 Å². The average Bonchev–Trinajstić information content (AvgIpc) is 3.20. The Morgan fingerprint density at radius 2 is 0.583 bits per heavy atom. The molecule has 0 amide bonds. The summed E-state index contributed by atoms with van der Waals surface area (Å²) in [6, 6.07) is 13.7. The van der Waals surface area contributed by atoms with Gasteiger partial charge in [-0.3, -0.25) is 4.18 Å². The van der Waals surface area contributed by atoms with E-state index in [0.29, 0.717) is 5.75 Å². The smallest absolute Gasteiger partial charge is 0.253 e. The van der Waals surface area contributed by atoms with Crippen molar-refractivity contribution in [2.75, 3.05) is 12.5 Å². The van der Waals surface area contributed by atoms with Crippen molar-refractivity contribution in [1.29, 1.82) is 0 Å². The third-order valence-corrected chi connectivity index (χ3v) is 9.32. The van der Waals surface area contributed by atoms with Gasteiger partial charge in [0.2, 0.25) is 0 Å². The lowest BCUT2D eigenvalue weighted by Gasteiger charge is -2.44. The number of fused-ring (bicyclic) bond motifs is 1. The topological polar surface area (TPSA) is 26.3 Å². The predicted octanol–water partition coefficient (Wildman–Crippen LogP) is 8.74. The minimum atomic E-state index is -7.22. The molecular weight excluding hydrogens is 887 g/mol. The second-order valence-electron chi connectivity index (χ2n) is 12.5. The summed E-state index contributed by atoms with van der Waals surface area (Å²) in [5.41, 5.74) is -14.3. The molecule has 6 aromatic rings. The first-order chi connectivity index (χ1) is 27.7. The normalized spacial score (nSPS) is 11.9. The molecule has 6 rings (SSSR count). The van der Waals surface area contributed by atoms with E-state index in [9.17, 15) is 56.9 Å². The van der Waals surface area contributed by atoms with Gasteiger partial charge in [-0.15, -0.1) is 21.9 Å². The van der Waals surface area contributed by atoms with Crippen LogP contribution >= 0.6 is 0 Å².